The van der Waals surface area contributed by atoms with Gasteiger partial charge in [0.05, 0.1) is 18.1 Å². The van der Waals surface area contributed by atoms with E-state index in [0.717, 1.165) is 11.3 Å². The van der Waals surface area contributed by atoms with E-state index in [-0.39, 0.29) is 31.4 Å². The largest absolute Gasteiger partial charge is 0.393 e. The van der Waals surface area contributed by atoms with Crippen LogP contribution in [0, 0.1) is 6.92 Å². The molecule has 1 aliphatic heterocycles. The van der Waals surface area contributed by atoms with Crippen molar-refractivity contribution in [2.45, 2.75) is 13.3 Å². The highest BCUT2D eigenvalue weighted by molar-refractivity contribution is 7.80. The third kappa shape index (κ3) is 3.33. The number of benzene rings is 1. The van der Waals surface area contributed by atoms with Crippen LogP contribution in [0.4, 0.5) is 5.69 Å². The summed E-state index contributed by atoms with van der Waals surface area (Å²) < 4.78 is 0. The maximum atomic E-state index is 12.1. The van der Waals surface area contributed by atoms with Crippen LogP contribution in [0.25, 0.3) is 0 Å². The minimum absolute atomic E-state index is 0.201. The van der Waals surface area contributed by atoms with Crippen molar-refractivity contribution in [2.24, 2.45) is 5.73 Å². The summed E-state index contributed by atoms with van der Waals surface area (Å²) in [5, 5.41) is 0. The van der Waals surface area contributed by atoms with E-state index >= 15 is 0 Å². The molecule has 1 aromatic rings. The van der Waals surface area contributed by atoms with Gasteiger partial charge in [-0.15, -0.1) is 0 Å². The molecule has 2 amide bonds. The Labute approximate surface area is 123 Å². The maximum absolute atomic E-state index is 12.1. The van der Waals surface area contributed by atoms with Crippen LogP contribution in [0.2, 0.25) is 0 Å². The minimum Gasteiger partial charge on any atom is -0.393 e. The van der Waals surface area contributed by atoms with E-state index in [0.29, 0.717) is 11.4 Å². The molecule has 0 saturated carbocycles. The second-order valence-corrected chi connectivity index (χ2v) is 5.37. The number of nitrogens with zero attached hydrogens (tertiary/aromatic N) is 2. The zero-order chi connectivity index (χ0) is 14.7. The summed E-state index contributed by atoms with van der Waals surface area (Å²) >= 11 is 4.77. The molecule has 0 unspecified atom stereocenters. The molecular formula is C14H17N3O2S. The van der Waals surface area contributed by atoms with Crippen LogP contribution in [0.15, 0.2) is 24.3 Å². The number of rotatable bonds is 4. The number of aryl methyl sites for hydroxylation is 1. The van der Waals surface area contributed by atoms with Gasteiger partial charge in [0, 0.05) is 18.7 Å². The lowest BCUT2D eigenvalue weighted by Crippen LogP contribution is -2.54. The van der Waals surface area contributed by atoms with E-state index in [1.54, 1.807) is 4.90 Å². The van der Waals surface area contributed by atoms with Crippen molar-refractivity contribution in [1.29, 1.82) is 0 Å². The Kier molecular flexibility index (Phi) is 4.34. The Balaban J connectivity index is 2.08. The lowest BCUT2D eigenvalue weighted by atomic mass is 10.2. The monoisotopic (exact) mass is 291 g/mol. The number of imide groups is 1. The molecule has 106 valence electrons. The van der Waals surface area contributed by atoms with E-state index in [1.807, 2.05) is 31.2 Å². The topological polar surface area (TPSA) is 66.6 Å². The van der Waals surface area contributed by atoms with Crippen LogP contribution < -0.4 is 10.6 Å². The van der Waals surface area contributed by atoms with Gasteiger partial charge in [0.15, 0.2) is 0 Å². The number of hydrogen-bond acceptors (Lipinski definition) is 4. The Bertz CT molecular complexity index is 541. The third-order valence-corrected chi connectivity index (χ3v) is 3.41. The van der Waals surface area contributed by atoms with Gasteiger partial charge in [0.25, 0.3) is 0 Å². The minimum atomic E-state index is -0.209. The smallest absolute Gasteiger partial charge is 0.248 e. The second-order valence-electron chi connectivity index (χ2n) is 4.85. The predicted molar refractivity (Wildman–Crippen MR) is 81.5 cm³/mol. The number of carbonyl (C=O) groups excluding carboxylic acids is 2. The Morgan fingerprint density at radius 1 is 1.30 bits per heavy atom. The van der Waals surface area contributed by atoms with Crippen molar-refractivity contribution < 1.29 is 9.59 Å². The summed E-state index contributed by atoms with van der Waals surface area (Å²) in [6, 6.07) is 7.76. The first-order valence-electron chi connectivity index (χ1n) is 6.40. The predicted octanol–water partition coefficient (Wildman–Crippen LogP) is 0.846. The van der Waals surface area contributed by atoms with Gasteiger partial charge in [-0.2, -0.15) is 0 Å². The zero-order valence-corrected chi connectivity index (χ0v) is 12.2. The fourth-order valence-corrected chi connectivity index (χ4v) is 2.26. The van der Waals surface area contributed by atoms with Crippen LogP contribution in [0.3, 0.4) is 0 Å². The first kappa shape index (κ1) is 14.5. The molecule has 6 heteroatoms. The highest BCUT2D eigenvalue weighted by Gasteiger charge is 2.30. The Hall–Kier alpha value is -1.95. The highest BCUT2D eigenvalue weighted by atomic mass is 32.1. The molecule has 1 aliphatic rings. The van der Waals surface area contributed by atoms with Crippen molar-refractivity contribution in [3.63, 3.8) is 0 Å². The fraction of sp³-hybridized carbons (Fsp3) is 0.357. The van der Waals surface area contributed by atoms with Crippen LogP contribution >= 0.6 is 12.2 Å². The van der Waals surface area contributed by atoms with E-state index in [2.05, 4.69) is 0 Å². The van der Waals surface area contributed by atoms with Crippen LogP contribution in [0.5, 0.6) is 0 Å². The molecule has 0 bridgehead atoms. The normalized spacial score (nSPS) is 15.7. The fourth-order valence-electron chi connectivity index (χ4n) is 2.17. The summed E-state index contributed by atoms with van der Waals surface area (Å²) in [6.07, 6.45) is 0.372. The third-order valence-electron chi connectivity index (χ3n) is 3.20. The molecular weight excluding hydrogens is 274 g/mol. The van der Waals surface area contributed by atoms with Crippen LogP contribution in [0.1, 0.15) is 12.0 Å². The summed E-state index contributed by atoms with van der Waals surface area (Å²) in [7, 11) is 0. The molecule has 5 nitrogen and oxygen atoms in total. The average molecular weight is 291 g/mol. The van der Waals surface area contributed by atoms with Crippen LogP contribution in [-0.2, 0) is 9.59 Å². The number of piperazine rings is 1. The standard InChI is InChI=1S/C14H17N3O2S/c1-10-3-2-4-11(7-10)16-8-13(18)17(14(19)9-16)6-5-12(15)20/h2-4,7H,5-6,8-9H2,1H3,(H2,15,20). The first-order chi connectivity index (χ1) is 9.47. The zero-order valence-electron chi connectivity index (χ0n) is 11.3. The number of hydrogen-bond donors (Lipinski definition) is 1. The molecule has 2 N–H and O–H groups in total. The van der Waals surface area contributed by atoms with Gasteiger partial charge in [0.1, 0.15) is 0 Å². The van der Waals surface area contributed by atoms with Gasteiger partial charge in [-0.1, -0.05) is 24.4 Å². The van der Waals surface area contributed by atoms with E-state index in [1.165, 1.54) is 4.90 Å². The second kappa shape index (κ2) is 6.00. The molecule has 20 heavy (non-hydrogen) atoms. The van der Waals surface area contributed by atoms with Crippen molar-refractivity contribution >= 4 is 34.7 Å². The van der Waals surface area contributed by atoms with Gasteiger partial charge in [0.2, 0.25) is 11.8 Å². The van der Waals surface area contributed by atoms with Gasteiger partial charge in [-0.25, -0.2) is 0 Å². The quantitative estimate of drug-likeness (QED) is 0.658. The van der Waals surface area contributed by atoms with Gasteiger partial charge < -0.3 is 10.6 Å². The van der Waals surface area contributed by atoms with Gasteiger partial charge >= 0.3 is 0 Å². The molecule has 1 fully saturated rings. The van der Waals surface area contributed by atoms with Gasteiger partial charge in [-0.3, -0.25) is 14.5 Å². The number of anilines is 1. The average Bonchev–Trinajstić information content (AvgIpc) is 2.37. The number of carbonyl (C=O) groups is 2. The van der Waals surface area contributed by atoms with Crippen molar-refractivity contribution in [3.05, 3.63) is 29.8 Å². The summed E-state index contributed by atoms with van der Waals surface area (Å²) in [4.78, 5) is 27.5. The SMILES string of the molecule is Cc1cccc(N2CC(=O)N(CCC(N)=S)C(=O)C2)c1. The Morgan fingerprint density at radius 2 is 1.95 bits per heavy atom. The molecule has 0 aliphatic carbocycles. The Morgan fingerprint density at radius 3 is 2.50 bits per heavy atom. The number of amides is 2. The van der Waals surface area contributed by atoms with E-state index in [9.17, 15) is 9.59 Å². The van der Waals surface area contributed by atoms with Gasteiger partial charge in [-0.05, 0) is 24.6 Å². The summed E-state index contributed by atoms with van der Waals surface area (Å²) in [5.74, 6) is -0.419. The first-order valence-corrected chi connectivity index (χ1v) is 6.81. The summed E-state index contributed by atoms with van der Waals surface area (Å²) in [6.45, 7) is 2.65. The van der Waals surface area contributed by atoms with E-state index in [4.69, 9.17) is 18.0 Å². The van der Waals surface area contributed by atoms with Crippen molar-refractivity contribution in [2.75, 3.05) is 24.5 Å². The lowest BCUT2D eigenvalue weighted by molar-refractivity contribution is -0.145. The molecule has 0 atom stereocenters. The highest BCUT2D eigenvalue weighted by Crippen LogP contribution is 2.18. The lowest BCUT2D eigenvalue weighted by Gasteiger charge is -2.34. The maximum Gasteiger partial charge on any atom is 0.248 e. The molecule has 1 saturated heterocycles. The number of thiocarbonyl (C=S) groups is 1. The molecule has 0 aromatic heterocycles. The van der Waals surface area contributed by atoms with E-state index < -0.39 is 0 Å². The molecule has 2 rings (SSSR count). The summed E-state index contributed by atoms with van der Waals surface area (Å²) in [5.41, 5.74) is 7.39. The van der Waals surface area contributed by atoms with Crippen LogP contribution in [-0.4, -0.2) is 41.3 Å². The van der Waals surface area contributed by atoms with Crippen molar-refractivity contribution in [3.8, 4) is 0 Å². The molecule has 0 radical (unpaired) electrons. The molecule has 1 heterocycles. The molecule has 1 aromatic carbocycles. The van der Waals surface area contributed by atoms with Crippen molar-refractivity contribution in [1.82, 2.24) is 4.90 Å². The number of nitrogens with two attached hydrogens (primary N) is 1. The molecule has 0 spiro atoms.